The molecule has 5 fully saturated rings. The van der Waals surface area contributed by atoms with Gasteiger partial charge < -0.3 is 5.11 Å². The summed E-state index contributed by atoms with van der Waals surface area (Å²) < 4.78 is 0. The number of allylic oxidation sites excluding steroid dienone is 1. The summed E-state index contributed by atoms with van der Waals surface area (Å²) in [5.74, 6) is 2.61. The highest BCUT2D eigenvalue weighted by Gasteiger charge is 2.53. The second kappa shape index (κ2) is 4.10. The van der Waals surface area contributed by atoms with E-state index in [1.54, 1.807) is 6.08 Å². The molecular formula is C17H24O2. The molecule has 0 heterocycles. The molecule has 0 aromatic carbocycles. The predicted molar refractivity (Wildman–Crippen MR) is 73.7 cm³/mol. The van der Waals surface area contributed by atoms with Gasteiger partial charge >= 0.3 is 5.97 Å². The van der Waals surface area contributed by atoms with Crippen molar-refractivity contribution in [3.05, 3.63) is 11.6 Å². The van der Waals surface area contributed by atoms with Gasteiger partial charge in [-0.3, -0.25) is 0 Å². The van der Waals surface area contributed by atoms with Gasteiger partial charge in [-0.2, -0.15) is 0 Å². The van der Waals surface area contributed by atoms with Gasteiger partial charge in [-0.1, -0.05) is 12.0 Å². The first-order chi connectivity index (χ1) is 9.14. The standard InChI is InChI=1S/C17H24O2/c18-16(19)7-15(14-2-1-3-14)17-8-11-4-12(9-17)6-13(5-11)10-17/h7,11-14H,1-6,8-10H2,(H,18,19)/b15-7+. The largest absolute Gasteiger partial charge is 0.478 e. The van der Waals surface area contributed by atoms with Crippen LogP contribution in [0.4, 0.5) is 0 Å². The van der Waals surface area contributed by atoms with Crippen LogP contribution >= 0.6 is 0 Å². The summed E-state index contributed by atoms with van der Waals surface area (Å²) in [5, 5.41) is 9.28. The lowest BCUT2D eigenvalue weighted by Crippen LogP contribution is -2.48. The lowest BCUT2D eigenvalue weighted by Gasteiger charge is -2.59. The number of hydrogen-bond donors (Lipinski definition) is 1. The zero-order valence-corrected chi connectivity index (χ0v) is 11.6. The molecule has 2 nitrogen and oxygen atoms in total. The first kappa shape index (κ1) is 12.0. The van der Waals surface area contributed by atoms with E-state index in [4.69, 9.17) is 0 Å². The summed E-state index contributed by atoms with van der Waals surface area (Å²) in [7, 11) is 0. The molecule has 0 unspecified atom stereocenters. The molecule has 0 atom stereocenters. The van der Waals surface area contributed by atoms with Crippen molar-refractivity contribution in [2.45, 2.75) is 57.8 Å². The van der Waals surface area contributed by atoms with Crippen LogP contribution in [-0.2, 0) is 4.79 Å². The summed E-state index contributed by atoms with van der Waals surface area (Å²) in [6, 6.07) is 0. The van der Waals surface area contributed by atoms with E-state index in [0.29, 0.717) is 11.3 Å². The summed E-state index contributed by atoms with van der Waals surface area (Å²) in [4.78, 5) is 11.3. The molecule has 5 saturated carbocycles. The molecule has 0 aromatic rings. The van der Waals surface area contributed by atoms with Gasteiger partial charge in [-0.05, 0) is 80.5 Å². The fourth-order valence-electron chi connectivity index (χ4n) is 6.02. The third-order valence-electron chi connectivity index (χ3n) is 6.47. The minimum atomic E-state index is -0.711. The molecular weight excluding hydrogens is 236 g/mol. The van der Waals surface area contributed by atoms with Gasteiger partial charge in [0.2, 0.25) is 0 Å². The lowest BCUT2D eigenvalue weighted by atomic mass is 9.46. The highest BCUT2D eigenvalue weighted by atomic mass is 16.4. The van der Waals surface area contributed by atoms with Crippen molar-refractivity contribution in [2.75, 3.05) is 0 Å². The molecule has 0 aliphatic heterocycles. The van der Waals surface area contributed by atoms with Crippen LogP contribution in [0.25, 0.3) is 0 Å². The topological polar surface area (TPSA) is 37.3 Å². The van der Waals surface area contributed by atoms with Gasteiger partial charge in [-0.25, -0.2) is 4.79 Å². The average molecular weight is 260 g/mol. The fourth-order valence-corrected chi connectivity index (χ4v) is 6.02. The Morgan fingerprint density at radius 1 is 1.00 bits per heavy atom. The zero-order chi connectivity index (χ0) is 13.0. The van der Waals surface area contributed by atoms with Crippen molar-refractivity contribution < 1.29 is 9.90 Å². The van der Waals surface area contributed by atoms with Crippen molar-refractivity contribution in [1.29, 1.82) is 0 Å². The number of carboxylic acids is 1. The van der Waals surface area contributed by atoms with Gasteiger partial charge in [0.1, 0.15) is 0 Å². The zero-order valence-electron chi connectivity index (χ0n) is 11.6. The highest BCUT2D eigenvalue weighted by Crippen LogP contribution is 2.64. The van der Waals surface area contributed by atoms with Crippen LogP contribution < -0.4 is 0 Å². The van der Waals surface area contributed by atoms with Gasteiger partial charge in [0, 0.05) is 6.08 Å². The Morgan fingerprint density at radius 2 is 1.53 bits per heavy atom. The van der Waals surface area contributed by atoms with Crippen LogP contribution in [-0.4, -0.2) is 11.1 Å². The quantitative estimate of drug-likeness (QED) is 0.778. The molecule has 5 rings (SSSR count). The van der Waals surface area contributed by atoms with E-state index in [1.165, 1.54) is 63.4 Å². The molecule has 0 radical (unpaired) electrons. The SMILES string of the molecule is O=C(O)/C=C(\C1CCC1)C12CC3CC(CC(C3)C1)C2. The minimum absolute atomic E-state index is 0.304. The Bertz CT molecular complexity index is 395. The molecule has 5 aliphatic carbocycles. The van der Waals surface area contributed by atoms with Crippen LogP contribution in [0, 0.1) is 29.1 Å². The van der Waals surface area contributed by atoms with E-state index in [0.717, 1.165) is 17.8 Å². The molecule has 1 N–H and O–H groups in total. The van der Waals surface area contributed by atoms with Crippen molar-refractivity contribution in [3.8, 4) is 0 Å². The molecule has 104 valence electrons. The third-order valence-corrected chi connectivity index (χ3v) is 6.47. The van der Waals surface area contributed by atoms with E-state index in [2.05, 4.69) is 0 Å². The van der Waals surface area contributed by atoms with Crippen LogP contribution in [0.2, 0.25) is 0 Å². The van der Waals surface area contributed by atoms with Crippen LogP contribution in [0.15, 0.2) is 11.6 Å². The van der Waals surface area contributed by atoms with Crippen molar-refractivity contribution >= 4 is 5.97 Å². The number of carboxylic acid groups (broad SMARTS) is 1. The molecule has 2 heteroatoms. The van der Waals surface area contributed by atoms with Crippen molar-refractivity contribution in [2.24, 2.45) is 29.1 Å². The average Bonchev–Trinajstić information content (AvgIpc) is 2.23. The van der Waals surface area contributed by atoms with E-state index in [1.807, 2.05) is 0 Å². The van der Waals surface area contributed by atoms with Gasteiger partial charge in [0.25, 0.3) is 0 Å². The third kappa shape index (κ3) is 1.86. The summed E-state index contributed by atoms with van der Waals surface area (Å²) in [5.41, 5.74) is 1.66. The smallest absolute Gasteiger partial charge is 0.328 e. The van der Waals surface area contributed by atoms with E-state index >= 15 is 0 Å². The molecule has 0 amide bonds. The van der Waals surface area contributed by atoms with Crippen LogP contribution in [0.3, 0.4) is 0 Å². The molecule has 0 aromatic heterocycles. The molecule has 0 spiro atoms. The van der Waals surface area contributed by atoms with E-state index in [9.17, 15) is 9.90 Å². The molecule has 5 aliphatic rings. The maximum Gasteiger partial charge on any atom is 0.328 e. The minimum Gasteiger partial charge on any atom is -0.478 e. The fraction of sp³-hybridized carbons (Fsp3) is 0.824. The van der Waals surface area contributed by atoms with Crippen molar-refractivity contribution in [1.82, 2.24) is 0 Å². The van der Waals surface area contributed by atoms with Gasteiger partial charge in [0.05, 0.1) is 0 Å². The first-order valence-corrected chi connectivity index (χ1v) is 8.10. The molecule has 0 saturated heterocycles. The number of aliphatic carboxylic acids is 1. The predicted octanol–water partition coefficient (Wildman–Crippen LogP) is 4.01. The summed E-state index contributed by atoms with van der Waals surface area (Å²) >= 11 is 0. The van der Waals surface area contributed by atoms with E-state index in [-0.39, 0.29) is 0 Å². The Balaban J connectivity index is 1.70. The molecule has 4 bridgehead atoms. The number of hydrogen-bond acceptors (Lipinski definition) is 1. The second-order valence-electron chi connectivity index (χ2n) is 7.76. The Hall–Kier alpha value is -0.790. The second-order valence-corrected chi connectivity index (χ2v) is 7.76. The molecule has 19 heavy (non-hydrogen) atoms. The van der Waals surface area contributed by atoms with E-state index < -0.39 is 5.97 Å². The Labute approximate surface area is 115 Å². The summed E-state index contributed by atoms with van der Waals surface area (Å²) in [6.07, 6.45) is 13.6. The number of rotatable bonds is 3. The monoisotopic (exact) mass is 260 g/mol. The lowest BCUT2D eigenvalue weighted by molar-refractivity contribution is -0.131. The first-order valence-electron chi connectivity index (χ1n) is 8.10. The highest BCUT2D eigenvalue weighted by molar-refractivity contribution is 5.81. The maximum absolute atomic E-state index is 11.3. The Morgan fingerprint density at radius 3 is 1.89 bits per heavy atom. The van der Waals surface area contributed by atoms with Crippen LogP contribution in [0.5, 0.6) is 0 Å². The van der Waals surface area contributed by atoms with Gasteiger partial charge in [0.15, 0.2) is 0 Å². The Kier molecular flexibility index (Phi) is 2.59. The number of carbonyl (C=O) groups is 1. The van der Waals surface area contributed by atoms with Gasteiger partial charge in [-0.15, -0.1) is 0 Å². The van der Waals surface area contributed by atoms with Crippen LogP contribution in [0.1, 0.15) is 57.8 Å². The normalized spacial score (nSPS) is 45.3. The maximum atomic E-state index is 11.3. The van der Waals surface area contributed by atoms with Crippen molar-refractivity contribution in [3.63, 3.8) is 0 Å². The summed E-state index contributed by atoms with van der Waals surface area (Å²) in [6.45, 7) is 0.